The third-order valence-electron chi connectivity index (χ3n) is 2.93. The molecule has 3 rings (SSSR count). The summed E-state index contributed by atoms with van der Waals surface area (Å²) in [5.41, 5.74) is 0.158. The Labute approximate surface area is 126 Å². The third-order valence-corrected chi connectivity index (χ3v) is 3.88. The standard InChI is InChI=1S/C14H8FN3O3S/c15-9-4-1-8(2-5-9)3-6-11-16-12-10(18(20)21)7-22-13(12)14(19)17-11/h1-7H,(H,16,17,19)/b6-3+. The number of nitrogens with zero attached hydrogens (tertiary/aromatic N) is 2. The van der Waals surface area contributed by atoms with E-state index in [0.29, 0.717) is 5.56 Å². The summed E-state index contributed by atoms with van der Waals surface area (Å²) in [6.07, 6.45) is 3.14. The maximum atomic E-state index is 12.8. The van der Waals surface area contributed by atoms with E-state index in [1.807, 2.05) is 0 Å². The van der Waals surface area contributed by atoms with E-state index in [0.717, 1.165) is 11.3 Å². The second-order valence-electron chi connectivity index (χ2n) is 4.39. The minimum Gasteiger partial charge on any atom is -0.306 e. The van der Waals surface area contributed by atoms with Crippen molar-refractivity contribution < 1.29 is 9.31 Å². The van der Waals surface area contributed by atoms with Gasteiger partial charge in [0.05, 0.1) is 10.3 Å². The molecule has 0 saturated heterocycles. The zero-order valence-corrected chi connectivity index (χ0v) is 11.8. The normalized spacial score (nSPS) is 11.3. The molecule has 0 aliphatic rings. The van der Waals surface area contributed by atoms with E-state index in [1.54, 1.807) is 18.2 Å². The predicted octanol–water partition coefficient (Wildman–Crippen LogP) is 3.20. The maximum Gasteiger partial charge on any atom is 0.306 e. The van der Waals surface area contributed by atoms with Crippen LogP contribution in [0.25, 0.3) is 22.4 Å². The molecule has 2 aromatic heterocycles. The number of hydrogen-bond donors (Lipinski definition) is 1. The summed E-state index contributed by atoms with van der Waals surface area (Å²) in [6.45, 7) is 0. The number of rotatable bonds is 3. The highest BCUT2D eigenvalue weighted by Crippen LogP contribution is 2.27. The number of nitrogens with one attached hydrogen (secondary N) is 1. The smallest absolute Gasteiger partial charge is 0.306 e. The topological polar surface area (TPSA) is 88.9 Å². The number of fused-ring (bicyclic) bond motifs is 1. The average Bonchev–Trinajstić information content (AvgIpc) is 2.91. The van der Waals surface area contributed by atoms with Gasteiger partial charge in [-0.1, -0.05) is 18.2 Å². The predicted molar refractivity (Wildman–Crippen MR) is 82.2 cm³/mol. The summed E-state index contributed by atoms with van der Waals surface area (Å²) >= 11 is 0.980. The number of benzene rings is 1. The van der Waals surface area contributed by atoms with Crippen LogP contribution in [0.15, 0.2) is 34.4 Å². The van der Waals surface area contributed by atoms with Crippen LogP contribution in [0, 0.1) is 15.9 Å². The van der Waals surface area contributed by atoms with Crippen molar-refractivity contribution in [2.24, 2.45) is 0 Å². The molecule has 0 saturated carbocycles. The summed E-state index contributed by atoms with van der Waals surface area (Å²) in [7, 11) is 0. The number of H-pyrrole nitrogens is 1. The summed E-state index contributed by atoms with van der Waals surface area (Å²) in [6, 6.07) is 5.75. The van der Waals surface area contributed by atoms with Crippen molar-refractivity contribution in [3.8, 4) is 0 Å². The molecule has 0 aliphatic carbocycles. The fourth-order valence-corrected chi connectivity index (χ4v) is 2.74. The van der Waals surface area contributed by atoms with E-state index in [4.69, 9.17) is 0 Å². The van der Waals surface area contributed by atoms with Crippen molar-refractivity contribution in [3.63, 3.8) is 0 Å². The Morgan fingerprint density at radius 1 is 1.27 bits per heavy atom. The average molecular weight is 317 g/mol. The van der Waals surface area contributed by atoms with Gasteiger partial charge in [-0.05, 0) is 23.8 Å². The van der Waals surface area contributed by atoms with Gasteiger partial charge in [0.25, 0.3) is 5.56 Å². The van der Waals surface area contributed by atoms with Crippen LogP contribution in [0.3, 0.4) is 0 Å². The maximum absolute atomic E-state index is 12.8. The molecule has 2 heterocycles. The van der Waals surface area contributed by atoms with Crippen LogP contribution in [0.5, 0.6) is 0 Å². The number of aromatic nitrogens is 2. The molecule has 0 fully saturated rings. The lowest BCUT2D eigenvalue weighted by Crippen LogP contribution is -2.08. The molecular weight excluding hydrogens is 309 g/mol. The lowest BCUT2D eigenvalue weighted by atomic mass is 10.2. The monoisotopic (exact) mass is 317 g/mol. The molecule has 0 unspecified atom stereocenters. The number of thiophene rings is 1. The van der Waals surface area contributed by atoms with Crippen molar-refractivity contribution in [3.05, 3.63) is 67.3 Å². The minimum absolute atomic E-state index is 0.0671. The molecule has 6 nitrogen and oxygen atoms in total. The summed E-state index contributed by atoms with van der Waals surface area (Å²) in [5, 5.41) is 12.2. The van der Waals surface area contributed by atoms with Gasteiger partial charge in [0.15, 0.2) is 5.52 Å². The highest BCUT2D eigenvalue weighted by atomic mass is 32.1. The van der Waals surface area contributed by atoms with Crippen LogP contribution >= 0.6 is 11.3 Å². The van der Waals surface area contributed by atoms with Crippen molar-refractivity contribution in [1.82, 2.24) is 9.97 Å². The molecule has 0 spiro atoms. The third kappa shape index (κ3) is 2.63. The Balaban J connectivity index is 2.04. The number of halogens is 1. The first kappa shape index (κ1) is 14.1. The van der Waals surface area contributed by atoms with Crippen LogP contribution in [0.2, 0.25) is 0 Å². The van der Waals surface area contributed by atoms with Crippen molar-refractivity contribution in [1.29, 1.82) is 0 Å². The number of hydrogen-bond acceptors (Lipinski definition) is 5. The zero-order chi connectivity index (χ0) is 15.7. The van der Waals surface area contributed by atoms with Gasteiger partial charge in [-0.3, -0.25) is 14.9 Å². The van der Waals surface area contributed by atoms with Gasteiger partial charge in [-0.25, -0.2) is 9.37 Å². The Hall–Kier alpha value is -2.87. The summed E-state index contributed by atoms with van der Waals surface area (Å²) in [5.74, 6) is -0.151. The molecule has 0 amide bonds. The molecule has 0 radical (unpaired) electrons. The quantitative estimate of drug-likeness (QED) is 0.593. The molecule has 0 bridgehead atoms. The molecule has 22 heavy (non-hydrogen) atoms. The van der Waals surface area contributed by atoms with Gasteiger partial charge in [-0.15, -0.1) is 11.3 Å². The van der Waals surface area contributed by atoms with Gasteiger partial charge >= 0.3 is 5.69 Å². The molecule has 1 aromatic carbocycles. The van der Waals surface area contributed by atoms with Gasteiger partial charge in [0.1, 0.15) is 16.3 Å². The van der Waals surface area contributed by atoms with Crippen LogP contribution in [-0.4, -0.2) is 14.9 Å². The molecule has 1 N–H and O–H groups in total. The van der Waals surface area contributed by atoms with Crippen molar-refractivity contribution in [2.75, 3.05) is 0 Å². The highest BCUT2D eigenvalue weighted by molar-refractivity contribution is 7.17. The Bertz CT molecular complexity index is 944. The lowest BCUT2D eigenvalue weighted by molar-refractivity contribution is -0.382. The molecular formula is C14H8FN3O3S. The van der Waals surface area contributed by atoms with E-state index in [1.165, 1.54) is 23.6 Å². The van der Waals surface area contributed by atoms with E-state index < -0.39 is 10.5 Å². The zero-order valence-electron chi connectivity index (χ0n) is 10.9. The highest BCUT2D eigenvalue weighted by Gasteiger charge is 2.18. The SMILES string of the molecule is O=c1[nH]c(/C=C/c2ccc(F)cc2)nc2c([N+](=O)[O-])csc12. The molecule has 0 atom stereocenters. The van der Waals surface area contributed by atoms with E-state index >= 15 is 0 Å². The lowest BCUT2D eigenvalue weighted by Gasteiger charge is -1.96. The van der Waals surface area contributed by atoms with Crippen LogP contribution in [0.1, 0.15) is 11.4 Å². The van der Waals surface area contributed by atoms with Crippen molar-refractivity contribution in [2.45, 2.75) is 0 Å². The number of nitro groups is 1. The van der Waals surface area contributed by atoms with Crippen LogP contribution < -0.4 is 5.56 Å². The first-order chi connectivity index (χ1) is 10.5. The van der Waals surface area contributed by atoms with E-state index in [-0.39, 0.29) is 27.5 Å². The van der Waals surface area contributed by atoms with Gasteiger partial charge < -0.3 is 4.98 Å². The fourth-order valence-electron chi connectivity index (χ4n) is 1.89. The molecule has 8 heteroatoms. The largest absolute Gasteiger partial charge is 0.306 e. The summed E-state index contributed by atoms with van der Waals surface area (Å²) < 4.78 is 13.0. The van der Waals surface area contributed by atoms with Crippen molar-refractivity contribution >= 4 is 39.4 Å². The van der Waals surface area contributed by atoms with E-state index in [2.05, 4.69) is 9.97 Å². The number of aromatic amines is 1. The second kappa shape index (κ2) is 5.49. The summed E-state index contributed by atoms with van der Waals surface area (Å²) in [4.78, 5) is 28.9. The van der Waals surface area contributed by atoms with Gasteiger partial charge in [-0.2, -0.15) is 0 Å². The molecule has 110 valence electrons. The van der Waals surface area contributed by atoms with Crippen LogP contribution in [-0.2, 0) is 0 Å². The van der Waals surface area contributed by atoms with E-state index in [9.17, 15) is 19.3 Å². The molecule has 0 aliphatic heterocycles. The van der Waals surface area contributed by atoms with Gasteiger partial charge in [0.2, 0.25) is 0 Å². The molecule has 3 aromatic rings. The van der Waals surface area contributed by atoms with Gasteiger partial charge in [0, 0.05) is 0 Å². The first-order valence-corrected chi connectivity index (χ1v) is 7.02. The Morgan fingerprint density at radius 2 is 2.00 bits per heavy atom. The Kier molecular flexibility index (Phi) is 3.51. The minimum atomic E-state index is -0.571. The van der Waals surface area contributed by atoms with Crippen LogP contribution in [0.4, 0.5) is 10.1 Å². The fraction of sp³-hybridized carbons (Fsp3) is 0. The Morgan fingerprint density at radius 3 is 2.68 bits per heavy atom. The first-order valence-electron chi connectivity index (χ1n) is 6.14. The second-order valence-corrected chi connectivity index (χ2v) is 5.27.